The van der Waals surface area contributed by atoms with E-state index >= 15 is 0 Å². The van der Waals surface area contributed by atoms with Crippen LogP contribution in [0.5, 0.6) is 5.88 Å². The Bertz CT molecular complexity index is 719. The third kappa shape index (κ3) is 3.29. The molecule has 1 fully saturated rings. The lowest BCUT2D eigenvalue weighted by Crippen LogP contribution is -2.44. The number of amides is 1. The van der Waals surface area contributed by atoms with E-state index in [2.05, 4.69) is 20.5 Å². The number of carbonyl (C=O) groups excluding carboxylic acids is 1. The molecule has 0 bridgehead atoms. The van der Waals surface area contributed by atoms with Gasteiger partial charge < -0.3 is 15.8 Å². The van der Waals surface area contributed by atoms with E-state index in [0.717, 1.165) is 0 Å². The molecule has 2 aromatic heterocycles. The molecule has 9 heteroatoms. The van der Waals surface area contributed by atoms with Crippen molar-refractivity contribution in [1.29, 1.82) is 0 Å². The fraction of sp³-hybridized carbons (Fsp3) is 0.429. The summed E-state index contributed by atoms with van der Waals surface area (Å²) in [6, 6.07) is 1.53. The smallest absolute Gasteiger partial charge is 0.254 e. The van der Waals surface area contributed by atoms with Crippen LogP contribution in [0, 0.1) is 0 Å². The maximum atomic E-state index is 13.9. The number of hydrogen-bond donors (Lipinski definition) is 2. The third-order valence-electron chi connectivity index (χ3n) is 3.62. The van der Waals surface area contributed by atoms with Crippen molar-refractivity contribution < 1.29 is 13.9 Å². The molecule has 3 rings (SSSR count). The zero-order valence-electron chi connectivity index (χ0n) is 12.6. The Morgan fingerprint density at radius 1 is 1.52 bits per heavy atom. The van der Waals surface area contributed by atoms with Crippen molar-refractivity contribution in [2.45, 2.75) is 18.7 Å². The van der Waals surface area contributed by atoms with Gasteiger partial charge in [0.25, 0.3) is 5.91 Å². The molecule has 0 radical (unpaired) electrons. The molecule has 0 saturated carbocycles. The summed E-state index contributed by atoms with van der Waals surface area (Å²) in [5.74, 6) is -0.651. The summed E-state index contributed by atoms with van der Waals surface area (Å²) in [6.07, 6.45) is 1.73. The summed E-state index contributed by atoms with van der Waals surface area (Å²) in [4.78, 5) is 17.2. The first-order chi connectivity index (χ1) is 11.0. The zero-order chi connectivity index (χ0) is 16.4. The lowest BCUT2D eigenvalue weighted by Gasteiger charge is -2.27. The van der Waals surface area contributed by atoms with Gasteiger partial charge in [0.2, 0.25) is 5.88 Å². The second-order valence-electron chi connectivity index (χ2n) is 5.33. The minimum Gasteiger partial charge on any atom is -0.471 e. The summed E-state index contributed by atoms with van der Waals surface area (Å²) >= 11 is 0. The van der Waals surface area contributed by atoms with Gasteiger partial charge >= 0.3 is 0 Å². The number of nitrogens with one attached hydrogen (secondary N) is 1. The van der Waals surface area contributed by atoms with E-state index in [4.69, 9.17) is 10.5 Å². The van der Waals surface area contributed by atoms with Crippen LogP contribution in [0.2, 0.25) is 0 Å². The van der Waals surface area contributed by atoms with E-state index in [9.17, 15) is 9.18 Å². The molecular formula is C14H17FN6O2. The van der Waals surface area contributed by atoms with Gasteiger partial charge in [-0.3, -0.25) is 4.79 Å². The first-order valence-electron chi connectivity index (χ1n) is 7.22. The fourth-order valence-electron chi connectivity index (χ4n) is 2.41. The van der Waals surface area contributed by atoms with Crippen molar-refractivity contribution in [3.8, 4) is 17.1 Å². The Kier molecular flexibility index (Phi) is 4.20. The minimum atomic E-state index is -1.16. The number of hydrogen-bond acceptors (Lipinski definition) is 6. The number of aryl methyl sites for hydroxylation is 1. The number of aromatic nitrogens is 4. The summed E-state index contributed by atoms with van der Waals surface area (Å²) in [5.41, 5.74) is 6.64. The van der Waals surface area contributed by atoms with Gasteiger partial charge in [-0.05, 0) is 19.0 Å². The maximum absolute atomic E-state index is 13.9. The highest BCUT2D eigenvalue weighted by Gasteiger charge is 2.28. The largest absolute Gasteiger partial charge is 0.471 e. The van der Waals surface area contributed by atoms with Gasteiger partial charge in [-0.25, -0.2) is 9.37 Å². The Hall–Kier alpha value is -2.55. The SMILES string of the molecule is Cn1ncc(-c2cnc(O[C@@H]3CCNC[C@@H]3F)c(C(N)=O)c2)n1. The quantitative estimate of drug-likeness (QED) is 0.824. The second kappa shape index (κ2) is 6.29. The molecule has 2 aromatic rings. The van der Waals surface area contributed by atoms with Crippen molar-refractivity contribution in [1.82, 2.24) is 25.3 Å². The monoisotopic (exact) mass is 320 g/mol. The molecule has 0 aromatic carbocycles. The van der Waals surface area contributed by atoms with Crippen LogP contribution in [0.25, 0.3) is 11.3 Å². The van der Waals surface area contributed by atoms with Crippen LogP contribution < -0.4 is 15.8 Å². The lowest BCUT2D eigenvalue weighted by molar-refractivity contribution is 0.0676. The highest BCUT2D eigenvalue weighted by molar-refractivity contribution is 5.96. The molecule has 2 atom stereocenters. The minimum absolute atomic E-state index is 0.0414. The fourth-order valence-corrected chi connectivity index (χ4v) is 2.41. The topological polar surface area (TPSA) is 108 Å². The van der Waals surface area contributed by atoms with E-state index in [1.165, 1.54) is 17.1 Å². The molecule has 3 N–H and O–H groups in total. The van der Waals surface area contributed by atoms with Crippen LogP contribution in [0.15, 0.2) is 18.5 Å². The van der Waals surface area contributed by atoms with Crippen LogP contribution in [0.4, 0.5) is 4.39 Å². The molecule has 122 valence electrons. The molecule has 0 unspecified atom stereocenters. The number of ether oxygens (including phenoxy) is 1. The molecular weight excluding hydrogens is 303 g/mol. The predicted octanol–water partition coefficient (Wildman–Crippen LogP) is 0.0548. The number of alkyl halides is 1. The van der Waals surface area contributed by atoms with Crippen molar-refractivity contribution in [3.05, 3.63) is 24.0 Å². The van der Waals surface area contributed by atoms with E-state index < -0.39 is 18.2 Å². The average Bonchev–Trinajstić information content (AvgIpc) is 2.96. The first-order valence-corrected chi connectivity index (χ1v) is 7.22. The number of nitrogens with two attached hydrogens (primary N) is 1. The third-order valence-corrected chi connectivity index (χ3v) is 3.62. The van der Waals surface area contributed by atoms with Gasteiger partial charge in [-0.2, -0.15) is 15.0 Å². The molecule has 8 nitrogen and oxygen atoms in total. The number of carbonyl (C=O) groups is 1. The molecule has 1 saturated heterocycles. The van der Waals surface area contributed by atoms with E-state index in [-0.39, 0.29) is 18.0 Å². The number of primary amides is 1. The van der Waals surface area contributed by atoms with Gasteiger partial charge in [0.1, 0.15) is 23.5 Å². The summed E-state index contributed by atoms with van der Waals surface area (Å²) in [6.45, 7) is 0.864. The van der Waals surface area contributed by atoms with Crippen molar-refractivity contribution in [2.75, 3.05) is 13.1 Å². The summed E-state index contributed by atoms with van der Waals surface area (Å²) < 4.78 is 19.4. The van der Waals surface area contributed by atoms with Crippen LogP contribution in [-0.2, 0) is 7.05 Å². The molecule has 1 aliphatic heterocycles. The Balaban J connectivity index is 1.89. The maximum Gasteiger partial charge on any atom is 0.254 e. The standard InChI is InChI=1S/C14H17FN6O2/c1-21-19-7-11(20-21)8-4-9(13(16)22)14(18-5-8)23-12-2-3-17-6-10(12)15/h4-5,7,10,12,17H,2-3,6H2,1H3,(H2,16,22)/t10-,12+/m0/s1. The molecule has 1 aliphatic rings. The normalized spacial score (nSPS) is 21.1. The van der Waals surface area contributed by atoms with Crippen LogP contribution >= 0.6 is 0 Å². The van der Waals surface area contributed by atoms with E-state index in [1.54, 1.807) is 13.2 Å². The van der Waals surface area contributed by atoms with Crippen LogP contribution in [-0.4, -0.2) is 51.3 Å². The number of pyridine rings is 1. The summed E-state index contributed by atoms with van der Waals surface area (Å²) in [7, 11) is 1.68. The summed E-state index contributed by atoms with van der Waals surface area (Å²) in [5, 5.41) is 11.0. The molecule has 1 amide bonds. The van der Waals surface area contributed by atoms with E-state index in [1.807, 2.05) is 0 Å². The number of piperidine rings is 1. The predicted molar refractivity (Wildman–Crippen MR) is 79.6 cm³/mol. The highest BCUT2D eigenvalue weighted by atomic mass is 19.1. The number of halogens is 1. The molecule has 0 spiro atoms. The Morgan fingerprint density at radius 3 is 3.00 bits per heavy atom. The Morgan fingerprint density at radius 2 is 2.35 bits per heavy atom. The Labute approximate surface area is 131 Å². The van der Waals surface area contributed by atoms with E-state index in [0.29, 0.717) is 24.2 Å². The highest BCUT2D eigenvalue weighted by Crippen LogP contribution is 2.25. The van der Waals surface area contributed by atoms with Crippen molar-refractivity contribution in [3.63, 3.8) is 0 Å². The first kappa shape index (κ1) is 15.3. The van der Waals surface area contributed by atoms with Gasteiger partial charge in [0, 0.05) is 25.4 Å². The van der Waals surface area contributed by atoms with Crippen molar-refractivity contribution >= 4 is 5.91 Å². The molecule has 23 heavy (non-hydrogen) atoms. The average molecular weight is 320 g/mol. The van der Waals surface area contributed by atoms with Gasteiger partial charge in [0.05, 0.1) is 6.20 Å². The number of nitrogens with zero attached hydrogens (tertiary/aromatic N) is 4. The second-order valence-corrected chi connectivity index (χ2v) is 5.33. The zero-order valence-corrected chi connectivity index (χ0v) is 12.6. The number of rotatable bonds is 4. The van der Waals surface area contributed by atoms with Gasteiger partial charge in [0.15, 0.2) is 0 Å². The van der Waals surface area contributed by atoms with Crippen molar-refractivity contribution in [2.24, 2.45) is 12.8 Å². The van der Waals surface area contributed by atoms with Crippen LogP contribution in [0.1, 0.15) is 16.8 Å². The lowest BCUT2D eigenvalue weighted by atomic mass is 10.1. The van der Waals surface area contributed by atoms with Crippen LogP contribution in [0.3, 0.4) is 0 Å². The molecule has 3 heterocycles. The van der Waals surface area contributed by atoms with Gasteiger partial charge in [-0.1, -0.05) is 0 Å². The van der Waals surface area contributed by atoms with Gasteiger partial charge in [-0.15, -0.1) is 0 Å². The molecule has 0 aliphatic carbocycles.